The van der Waals surface area contributed by atoms with Gasteiger partial charge in [-0.05, 0) is 81.1 Å². The molecule has 0 amide bonds. The maximum absolute atomic E-state index is 13.6. The first-order valence-corrected chi connectivity index (χ1v) is 20.0. The molecule has 6 heterocycles. The lowest BCUT2D eigenvalue weighted by Crippen LogP contribution is -2.51. The lowest BCUT2D eigenvalue weighted by Gasteiger charge is -2.42. The fourth-order valence-corrected chi connectivity index (χ4v) is 7.78. The number of rotatable bonds is 8. The Bertz CT molecular complexity index is 1780. The molecule has 4 aliphatic rings. The predicted octanol–water partition coefficient (Wildman–Crippen LogP) is 8.18. The smallest absolute Gasteiger partial charge is 0.128 e. The molecule has 0 spiro atoms. The fourth-order valence-electron chi connectivity index (χ4n) is 7.78. The Morgan fingerprint density at radius 2 is 1.18 bits per heavy atom. The third-order valence-corrected chi connectivity index (χ3v) is 10.5. The number of piperidine rings is 2. The number of ether oxygens (including phenoxy) is 2. The summed E-state index contributed by atoms with van der Waals surface area (Å²) in [6, 6.07) is 22.4. The summed E-state index contributed by atoms with van der Waals surface area (Å²) in [5.74, 6) is 1.42. The van der Waals surface area contributed by atoms with Crippen molar-refractivity contribution in [3.8, 4) is 0 Å². The van der Waals surface area contributed by atoms with E-state index in [0.717, 1.165) is 127 Å². The molecule has 4 fully saturated rings. The van der Waals surface area contributed by atoms with Gasteiger partial charge in [0.2, 0.25) is 0 Å². The van der Waals surface area contributed by atoms with Crippen LogP contribution in [-0.4, -0.2) is 100 Å². The Balaban J connectivity index is 0.000000234. The van der Waals surface area contributed by atoms with Gasteiger partial charge in [-0.3, -0.25) is 0 Å². The number of anilines is 6. The van der Waals surface area contributed by atoms with Crippen LogP contribution in [0.3, 0.4) is 0 Å². The zero-order valence-corrected chi connectivity index (χ0v) is 32.7. The summed E-state index contributed by atoms with van der Waals surface area (Å²) < 4.78 is 38.0. The molecule has 2 aromatic carbocycles. The van der Waals surface area contributed by atoms with Gasteiger partial charge in [0, 0.05) is 109 Å². The maximum Gasteiger partial charge on any atom is 0.128 e. The number of nitrogens with zero attached hydrogens (tertiary/aromatic N) is 6. The first-order valence-electron chi connectivity index (χ1n) is 20.0. The summed E-state index contributed by atoms with van der Waals surface area (Å²) in [6.45, 7) is 16.5. The number of benzene rings is 2. The normalized spacial score (nSPS) is 21.4. The molecule has 2 N–H and O–H groups in total. The van der Waals surface area contributed by atoms with Crippen molar-refractivity contribution < 1.29 is 21.1 Å². The van der Waals surface area contributed by atoms with Crippen molar-refractivity contribution in [3.05, 3.63) is 96.8 Å². The van der Waals surface area contributed by atoms with Crippen LogP contribution in [0.25, 0.3) is 0 Å². The molecule has 0 bridgehead atoms. The molecule has 0 radical (unpaired) electrons. The first kappa shape index (κ1) is 40.0. The van der Waals surface area contributed by atoms with Gasteiger partial charge in [-0.2, -0.15) is 0 Å². The standard InChI is InChI=1S/C21H27FN4O.C20H25FN4O.C2H6.2H2/c1-21(7-3-9-26(16-21)18-5-2-4-17(22)14-18)24-20-15-19(6-8-23-20)25-10-12-27-13-11-25;21-16-3-1-5-18(13-16)25-8-2-4-17(15-25)23-20-14-19(6-7-22-20)24-9-11-26-12-10-24;1-2;;/h2,4-6,8,14-15H,3,7,9-13,16H2,1H3,(H,23,24);1,3,5-7,13-14,17H,2,4,8-12,15H2,(H,22,23);1-2H3;2*1H/t21-;17-;;;/m10.../s1. The zero-order valence-electron chi connectivity index (χ0n) is 32.7. The highest BCUT2D eigenvalue weighted by atomic mass is 19.1. The summed E-state index contributed by atoms with van der Waals surface area (Å²) in [6.07, 6.45) is 8.02. The van der Waals surface area contributed by atoms with Gasteiger partial charge < -0.3 is 39.7 Å². The highest BCUT2D eigenvalue weighted by molar-refractivity contribution is 5.57. The number of hydrogen-bond donors (Lipinski definition) is 2. The van der Waals surface area contributed by atoms with Crippen LogP contribution in [0.2, 0.25) is 0 Å². The van der Waals surface area contributed by atoms with Crippen molar-refractivity contribution in [3.63, 3.8) is 0 Å². The molecular weight excluding hydrogens is 699 g/mol. The van der Waals surface area contributed by atoms with E-state index in [1.165, 1.54) is 23.5 Å². The number of aromatic nitrogens is 2. The highest BCUT2D eigenvalue weighted by Gasteiger charge is 2.32. The second-order valence-electron chi connectivity index (χ2n) is 14.6. The van der Waals surface area contributed by atoms with Crippen molar-refractivity contribution in [1.82, 2.24) is 9.97 Å². The van der Waals surface area contributed by atoms with Crippen molar-refractivity contribution in [1.29, 1.82) is 0 Å². The molecule has 2 aromatic heterocycles. The molecule has 0 aliphatic carbocycles. The Kier molecular flexibility index (Phi) is 14.4. The van der Waals surface area contributed by atoms with E-state index in [9.17, 15) is 8.78 Å². The summed E-state index contributed by atoms with van der Waals surface area (Å²) in [5.41, 5.74) is 4.14. The Morgan fingerprint density at radius 1 is 0.655 bits per heavy atom. The lowest BCUT2D eigenvalue weighted by molar-refractivity contribution is 0.122. The van der Waals surface area contributed by atoms with Crippen molar-refractivity contribution >= 4 is 34.4 Å². The van der Waals surface area contributed by atoms with Crippen LogP contribution in [0.1, 0.15) is 49.3 Å². The van der Waals surface area contributed by atoms with E-state index < -0.39 is 0 Å². The molecule has 4 aromatic rings. The number of hydrogen-bond acceptors (Lipinski definition) is 10. The van der Waals surface area contributed by atoms with Crippen LogP contribution < -0.4 is 30.2 Å². The Labute approximate surface area is 328 Å². The molecule has 4 aliphatic heterocycles. The minimum Gasteiger partial charge on any atom is -0.378 e. The third kappa shape index (κ3) is 11.4. The van der Waals surface area contributed by atoms with E-state index in [0.29, 0.717) is 6.04 Å². The van der Waals surface area contributed by atoms with Gasteiger partial charge in [-0.15, -0.1) is 0 Å². The van der Waals surface area contributed by atoms with Gasteiger partial charge >= 0.3 is 0 Å². The molecule has 12 heteroatoms. The van der Waals surface area contributed by atoms with E-state index >= 15 is 0 Å². The largest absolute Gasteiger partial charge is 0.378 e. The second kappa shape index (κ2) is 19.8. The molecule has 0 unspecified atom stereocenters. The van der Waals surface area contributed by atoms with Gasteiger partial charge in [0.15, 0.2) is 0 Å². The molecule has 0 saturated carbocycles. The first-order chi connectivity index (χ1) is 26.9. The van der Waals surface area contributed by atoms with Crippen LogP contribution in [0, 0.1) is 11.6 Å². The van der Waals surface area contributed by atoms with Crippen molar-refractivity contribution in [2.24, 2.45) is 0 Å². The topological polar surface area (TPSA) is 81.3 Å². The van der Waals surface area contributed by atoms with Crippen LogP contribution in [-0.2, 0) is 9.47 Å². The minimum absolute atomic E-state index is 0. The average Bonchev–Trinajstić information content (AvgIpc) is 3.23. The predicted molar refractivity (Wildman–Crippen MR) is 225 cm³/mol. The number of halogens is 2. The number of morpholine rings is 2. The van der Waals surface area contributed by atoms with E-state index in [1.807, 2.05) is 38.4 Å². The molecule has 8 rings (SSSR count). The van der Waals surface area contributed by atoms with Gasteiger partial charge in [-0.25, -0.2) is 18.7 Å². The number of pyridine rings is 2. The molecular formula is C43H62F2N8O2. The zero-order chi connectivity index (χ0) is 38.5. The van der Waals surface area contributed by atoms with Gasteiger partial charge in [0.1, 0.15) is 23.3 Å². The van der Waals surface area contributed by atoms with E-state index in [1.54, 1.807) is 24.3 Å². The summed E-state index contributed by atoms with van der Waals surface area (Å²) in [4.78, 5) is 18.2. The quantitative estimate of drug-likeness (QED) is 0.184. The minimum atomic E-state index is -0.187. The molecule has 55 heavy (non-hydrogen) atoms. The van der Waals surface area contributed by atoms with Crippen LogP contribution in [0.5, 0.6) is 0 Å². The second-order valence-corrected chi connectivity index (χ2v) is 14.6. The maximum atomic E-state index is 13.6. The van der Waals surface area contributed by atoms with Crippen LogP contribution >= 0.6 is 0 Å². The van der Waals surface area contributed by atoms with Crippen molar-refractivity contribution in [2.45, 2.75) is 58.0 Å². The SMILES string of the molecule is CC.C[C@@]1(Nc2cc(N3CCOCC3)ccn2)CCCN(c2cccc(F)c2)C1.Fc1cccc(N2CCC[C@H](Nc3cc(N4CCOCC4)ccn3)C2)c1.[HH].[HH]. The van der Waals surface area contributed by atoms with Crippen molar-refractivity contribution in [2.75, 3.05) is 109 Å². The van der Waals surface area contributed by atoms with Crippen LogP contribution in [0.15, 0.2) is 85.2 Å². The van der Waals surface area contributed by atoms with Crippen LogP contribution in [0.4, 0.5) is 43.2 Å². The molecule has 300 valence electrons. The van der Waals surface area contributed by atoms with E-state index in [-0.39, 0.29) is 20.0 Å². The summed E-state index contributed by atoms with van der Waals surface area (Å²) >= 11 is 0. The highest BCUT2D eigenvalue weighted by Crippen LogP contribution is 2.30. The summed E-state index contributed by atoms with van der Waals surface area (Å²) in [7, 11) is 0. The van der Waals surface area contributed by atoms with E-state index in [2.05, 4.69) is 71.4 Å². The number of nitrogens with one attached hydrogen (secondary N) is 2. The third-order valence-electron chi connectivity index (χ3n) is 10.5. The van der Waals surface area contributed by atoms with Gasteiger partial charge in [0.25, 0.3) is 0 Å². The Morgan fingerprint density at radius 3 is 1.78 bits per heavy atom. The molecule has 4 saturated heterocycles. The van der Waals surface area contributed by atoms with Gasteiger partial charge in [0.05, 0.1) is 32.0 Å². The summed E-state index contributed by atoms with van der Waals surface area (Å²) in [5, 5.41) is 7.22. The lowest BCUT2D eigenvalue weighted by atomic mass is 9.90. The monoisotopic (exact) mass is 760 g/mol. The fraction of sp³-hybridized carbons (Fsp3) is 0.488. The molecule has 2 atom stereocenters. The Hall–Kier alpha value is -4.68. The van der Waals surface area contributed by atoms with E-state index in [4.69, 9.17) is 9.47 Å². The average molecular weight is 761 g/mol. The molecule has 10 nitrogen and oxygen atoms in total. The van der Waals surface area contributed by atoms with Gasteiger partial charge in [-0.1, -0.05) is 26.0 Å².